The lowest BCUT2D eigenvalue weighted by atomic mass is 10.1. The van der Waals surface area contributed by atoms with Crippen molar-refractivity contribution in [3.8, 4) is 22.7 Å². The fourth-order valence-electron chi connectivity index (χ4n) is 3.14. The first-order valence-corrected chi connectivity index (χ1v) is 9.17. The summed E-state index contributed by atoms with van der Waals surface area (Å²) in [4.78, 5) is 8.64. The van der Waals surface area contributed by atoms with Gasteiger partial charge in [-0.05, 0) is 24.3 Å². The Balaban J connectivity index is 1.33. The highest BCUT2D eigenvalue weighted by atomic mass is 19.3. The predicted octanol–water partition coefficient (Wildman–Crippen LogP) is 2.84. The summed E-state index contributed by atoms with van der Waals surface area (Å²) in [5, 5.41) is 15.3. The molecule has 2 N–H and O–H groups in total. The first-order chi connectivity index (χ1) is 15.0. The van der Waals surface area contributed by atoms with Crippen LogP contribution in [0.4, 0.5) is 14.7 Å². The maximum absolute atomic E-state index is 12.6. The highest BCUT2D eigenvalue weighted by Crippen LogP contribution is 2.25. The highest BCUT2D eigenvalue weighted by Gasteiger charge is 2.17. The normalized spacial score (nSPS) is 11.6. The zero-order valence-electron chi connectivity index (χ0n) is 16.1. The van der Waals surface area contributed by atoms with Gasteiger partial charge in [-0.3, -0.25) is 4.98 Å². The van der Waals surface area contributed by atoms with Crippen LogP contribution in [0.2, 0.25) is 0 Å². The van der Waals surface area contributed by atoms with Gasteiger partial charge in [0.05, 0.1) is 35.0 Å². The minimum atomic E-state index is -2.81. The Hall–Kier alpha value is -4.22. The fraction of sp³-hybridized carbons (Fsp3) is 0.158. The number of imidazole rings is 1. The van der Waals surface area contributed by atoms with E-state index in [4.69, 9.17) is 10.2 Å². The molecule has 0 saturated heterocycles. The molecule has 0 spiro atoms. The number of fused-ring (bicyclic) bond motifs is 1. The largest absolute Gasteiger partial charge is 0.415 e. The molecule has 156 valence electrons. The molecule has 12 heteroatoms. The number of benzene rings is 1. The maximum atomic E-state index is 12.6. The van der Waals surface area contributed by atoms with Gasteiger partial charge in [-0.15, -0.1) is 15.3 Å². The minimum Gasteiger partial charge on any atom is -0.415 e. The van der Waals surface area contributed by atoms with Crippen molar-refractivity contribution in [3.05, 3.63) is 54.3 Å². The molecule has 4 heterocycles. The molecule has 0 aliphatic rings. The molecule has 0 saturated carbocycles. The zero-order chi connectivity index (χ0) is 21.5. The van der Waals surface area contributed by atoms with Gasteiger partial charge in [0.25, 0.3) is 5.89 Å². The van der Waals surface area contributed by atoms with Crippen molar-refractivity contribution in [3.63, 3.8) is 0 Å². The molecule has 5 aromatic rings. The second-order valence-electron chi connectivity index (χ2n) is 6.82. The molecule has 0 atom stereocenters. The van der Waals surface area contributed by atoms with E-state index < -0.39 is 12.3 Å². The number of nitrogens with two attached hydrogens (primary N) is 1. The van der Waals surface area contributed by atoms with E-state index in [9.17, 15) is 8.78 Å². The highest BCUT2D eigenvalue weighted by molar-refractivity contribution is 5.83. The average molecular weight is 423 g/mol. The number of hydrogen-bond donors (Lipinski definition) is 1. The quantitative estimate of drug-likeness (QED) is 0.457. The van der Waals surface area contributed by atoms with E-state index in [1.54, 1.807) is 23.0 Å². The average Bonchev–Trinajstić information content (AvgIpc) is 3.49. The van der Waals surface area contributed by atoms with Gasteiger partial charge in [-0.2, -0.15) is 8.78 Å². The van der Waals surface area contributed by atoms with E-state index in [0.717, 1.165) is 16.6 Å². The van der Waals surface area contributed by atoms with Crippen LogP contribution in [0.25, 0.3) is 33.7 Å². The number of hydrogen-bond acceptors (Lipinski definition) is 8. The summed E-state index contributed by atoms with van der Waals surface area (Å²) in [5.74, 6) is -0.292. The van der Waals surface area contributed by atoms with E-state index in [0.29, 0.717) is 29.4 Å². The molecule has 4 aromatic heterocycles. The summed E-state index contributed by atoms with van der Waals surface area (Å²) < 4.78 is 33.6. The topological polar surface area (TPSA) is 126 Å². The van der Waals surface area contributed by atoms with Crippen molar-refractivity contribution < 1.29 is 13.2 Å². The van der Waals surface area contributed by atoms with Crippen LogP contribution >= 0.6 is 0 Å². The van der Waals surface area contributed by atoms with Crippen LogP contribution in [0.3, 0.4) is 0 Å². The van der Waals surface area contributed by atoms with Crippen molar-refractivity contribution >= 4 is 17.0 Å². The Kier molecular flexibility index (Phi) is 4.38. The van der Waals surface area contributed by atoms with Crippen molar-refractivity contribution in [2.45, 2.75) is 13.0 Å². The van der Waals surface area contributed by atoms with Crippen LogP contribution in [0.5, 0.6) is 0 Å². The molecular weight excluding hydrogens is 408 g/mol. The van der Waals surface area contributed by atoms with E-state index >= 15 is 0 Å². The Morgan fingerprint density at radius 3 is 2.68 bits per heavy atom. The number of rotatable bonds is 5. The third kappa shape index (κ3) is 3.47. The SMILES string of the molecule is Cn1c(N)nc2cc(-c3cn(Cc4ccc(-c5nnc(C(F)F)o5)cn4)nn3)ccc21. The molecule has 0 unspecified atom stereocenters. The van der Waals surface area contributed by atoms with Gasteiger partial charge in [0.15, 0.2) is 0 Å². The molecule has 31 heavy (non-hydrogen) atoms. The predicted molar refractivity (Wildman–Crippen MR) is 106 cm³/mol. The molecule has 5 rings (SSSR count). The first-order valence-electron chi connectivity index (χ1n) is 9.17. The fourth-order valence-corrected chi connectivity index (χ4v) is 3.14. The molecule has 0 bridgehead atoms. The van der Waals surface area contributed by atoms with Crippen molar-refractivity contribution in [2.24, 2.45) is 7.05 Å². The van der Waals surface area contributed by atoms with E-state index in [2.05, 4.69) is 30.5 Å². The maximum Gasteiger partial charge on any atom is 0.314 e. The standard InChI is InChI=1S/C19H15F2N9O/c1-29-15-5-3-10(6-13(15)24-19(29)22)14-9-30(28-25-14)8-12-4-2-11(7-23-12)17-26-27-18(31-17)16(20)21/h2-7,9,16H,8H2,1H3,(H2,22,24). The Bertz CT molecular complexity index is 1370. The van der Waals surface area contributed by atoms with Gasteiger partial charge >= 0.3 is 6.43 Å². The number of anilines is 1. The third-order valence-corrected chi connectivity index (χ3v) is 4.77. The summed E-state index contributed by atoms with van der Waals surface area (Å²) in [5.41, 5.74) is 10.3. The van der Waals surface area contributed by atoms with Crippen LogP contribution in [0.1, 0.15) is 18.0 Å². The second-order valence-corrected chi connectivity index (χ2v) is 6.82. The van der Waals surface area contributed by atoms with E-state index in [1.165, 1.54) is 6.20 Å². The van der Waals surface area contributed by atoms with Crippen molar-refractivity contribution in [2.75, 3.05) is 5.73 Å². The van der Waals surface area contributed by atoms with E-state index in [-0.39, 0.29) is 5.89 Å². The Morgan fingerprint density at radius 2 is 1.94 bits per heavy atom. The van der Waals surface area contributed by atoms with Gasteiger partial charge in [-0.25, -0.2) is 9.67 Å². The number of pyridine rings is 1. The van der Waals surface area contributed by atoms with Gasteiger partial charge in [0.2, 0.25) is 11.8 Å². The molecule has 0 fully saturated rings. The number of halogens is 2. The lowest BCUT2D eigenvalue weighted by Gasteiger charge is -2.01. The Morgan fingerprint density at radius 1 is 1.10 bits per heavy atom. The smallest absolute Gasteiger partial charge is 0.314 e. The molecule has 0 aliphatic carbocycles. The summed E-state index contributed by atoms with van der Waals surface area (Å²) in [6.45, 7) is 0.373. The van der Waals surface area contributed by atoms with Crippen LogP contribution in [0, 0.1) is 0 Å². The second kappa shape index (κ2) is 7.23. The number of nitrogens with zero attached hydrogens (tertiary/aromatic N) is 8. The monoisotopic (exact) mass is 423 g/mol. The summed E-state index contributed by atoms with van der Waals surface area (Å²) in [6, 6.07) is 9.17. The number of alkyl halides is 2. The van der Waals surface area contributed by atoms with Crippen LogP contribution in [-0.2, 0) is 13.6 Å². The number of aromatic nitrogens is 8. The third-order valence-electron chi connectivity index (χ3n) is 4.77. The number of nitrogen functional groups attached to an aromatic ring is 1. The van der Waals surface area contributed by atoms with E-state index in [1.807, 2.05) is 29.8 Å². The van der Waals surface area contributed by atoms with Gasteiger partial charge in [0.1, 0.15) is 5.69 Å². The summed E-state index contributed by atoms with van der Waals surface area (Å²) >= 11 is 0. The molecule has 0 amide bonds. The Labute approximate surface area is 173 Å². The molecular formula is C19H15F2N9O. The van der Waals surface area contributed by atoms with Crippen molar-refractivity contribution in [1.29, 1.82) is 0 Å². The van der Waals surface area contributed by atoms with Crippen LogP contribution in [-0.4, -0.2) is 39.7 Å². The summed E-state index contributed by atoms with van der Waals surface area (Å²) in [7, 11) is 1.86. The molecule has 1 aromatic carbocycles. The minimum absolute atomic E-state index is 0.0112. The lowest BCUT2D eigenvalue weighted by molar-refractivity contribution is 0.116. The first kappa shape index (κ1) is 18.8. The van der Waals surface area contributed by atoms with Gasteiger partial charge in [0, 0.05) is 18.8 Å². The molecule has 0 aliphatic heterocycles. The zero-order valence-corrected chi connectivity index (χ0v) is 16.1. The van der Waals surface area contributed by atoms with Crippen molar-refractivity contribution in [1.82, 2.24) is 39.7 Å². The molecule has 10 nitrogen and oxygen atoms in total. The van der Waals surface area contributed by atoms with Crippen LogP contribution < -0.4 is 5.73 Å². The lowest BCUT2D eigenvalue weighted by Crippen LogP contribution is -2.02. The van der Waals surface area contributed by atoms with Gasteiger partial charge < -0.3 is 14.7 Å². The summed E-state index contributed by atoms with van der Waals surface area (Å²) in [6.07, 6.45) is 0.469. The van der Waals surface area contributed by atoms with Gasteiger partial charge in [-0.1, -0.05) is 11.3 Å². The van der Waals surface area contributed by atoms with Crippen LogP contribution in [0.15, 0.2) is 47.1 Å². The number of aryl methyl sites for hydroxylation is 1. The molecule has 0 radical (unpaired) electrons.